The van der Waals surface area contributed by atoms with Gasteiger partial charge >= 0.3 is 0 Å². The van der Waals surface area contributed by atoms with Gasteiger partial charge in [0.15, 0.2) is 6.10 Å². The molecule has 0 radical (unpaired) electrons. The lowest BCUT2D eigenvalue weighted by Gasteiger charge is -2.19. The van der Waals surface area contributed by atoms with Crippen molar-refractivity contribution in [3.8, 4) is 5.75 Å². The van der Waals surface area contributed by atoms with Gasteiger partial charge in [-0.15, -0.1) is 0 Å². The number of carbonyl (C=O) groups is 1. The van der Waals surface area contributed by atoms with Crippen LogP contribution in [0.5, 0.6) is 5.75 Å². The Labute approximate surface area is 152 Å². The van der Waals surface area contributed by atoms with Crippen molar-refractivity contribution in [2.75, 3.05) is 0 Å². The summed E-state index contributed by atoms with van der Waals surface area (Å²) in [5, 5.41) is 5.98. The number of hydrogen-bond donors (Lipinski definition) is 1. The zero-order chi connectivity index (χ0) is 17.8. The molecule has 0 fully saturated rings. The number of fused-ring (bicyclic) bond motifs is 1. The smallest absolute Gasteiger partial charge is 0.261 e. The predicted molar refractivity (Wildman–Crippen MR) is 102 cm³/mol. The van der Waals surface area contributed by atoms with Crippen molar-refractivity contribution in [1.82, 2.24) is 5.32 Å². The third-order valence-corrected chi connectivity index (χ3v) is 4.38. The Morgan fingerprint density at radius 2 is 1.64 bits per heavy atom. The first kappa shape index (κ1) is 17.3. The molecule has 1 N–H and O–H groups in total. The molecular formula is C21H20ClNO2. The molecule has 0 aliphatic rings. The summed E-state index contributed by atoms with van der Waals surface area (Å²) in [5.41, 5.74) is 1.06. The monoisotopic (exact) mass is 353 g/mol. The summed E-state index contributed by atoms with van der Waals surface area (Å²) >= 11 is 5.85. The van der Waals surface area contributed by atoms with E-state index in [-0.39, 0.29) is 11.9 Å². The van der Waals surface area contributed by atoms with Crippen LogP contribution < -0.4 is 10.1 Å². The van der Waals surface area contributed by atoms with Crippen LogP contribution in [-0.4, -0.2) is 12.0 Å². The van der Waals surface area contributed by atoms with Gasteiger partial charge in [-0.1, -0.05) is 48.0 Å². The molecule has 4 heteroatoms. The average molecular weight is 354 g/mol. The first-order valence-electron chi connectivity index (χ1n) is 8.24. The Morgan fingerprint density at radius 3 is 2.36 bits per heavy atom. The van der Waals surface area contributed by atoms with E-state index in [1.165, 1.54) is 5.39 Å². The first-order valence-corrected chi connectivity index (χ1v) is 8.62. The van der Waals surface area contributed by atoms with Gasteiger partial charge in [0.25, 0.3) is 5.91 Å². The normalized spacial score (nSPS) is 13.2. The Balaban J connectivity index is 1.65. The summed E-state index contributed by atoms with van der Waals surface area (Å²) in [5.74, 6) is 0.459. The van der Waals surface area contributed by atoms with Crippen molar-refractivity contribution in [3.05, 3.63) is 77.3 Å². The molecule has 3 nitrogen and oxygen atoms in total. The lowest BCUT2D eigenvalue weighted by Crippen LogP contribution is -2.37. The molecule has 3 aromatic carbocycles. The lowest BCUT2D eigenvalue weighted by molar-refractivity contribution is -0.127. The van der Waals surface area contributed by atoms with E-state index in [9.17, 15) is 4.79 Å². The molecule has 0 spiro atoms. The van der Waals surface area contributed by atoms with Gasteiger partial charge < -0.3 is 10.1 Å². The summed E-state index contributed by atoms with van der Waals surface area (Å²) in [6.07, 6.45) is -0.593. The van der Waals surface area contributed by atoms with Crippen molar-refractivity contribution in [1.29, 1.82) is 0 Å². The van der Waals surface area contributed by atoms with Gasteiger partial charge in [-0.2, -0.15) is 0 Å². The topological polar surface area (TPSA) is 38.3 Å². The molecule has 128 valence electrons. The maximum absolute atomic E-state index is 12.4. The highest BCUT2D eigenvalue weighted by Gasteiger charge is 2.18. The van der Waals surface area contributed by atoms with E-state index in [0.29, 0.717) is 10.8 Å². The highest BCUT2D eigenvalue weighted by atomic mass is 35.5. The molecule has 1 amide bonds. The zero-order valence-corrected chi connectivity index (χ0v) is 15.0. The van der Waals surface area contributed by atoms with E-state index < -0.39 is 6.10 Å². The number of rotatable bonds is 5. The molecule has 0 aliphatic heterocycles. The van der Waals surface area contributed by atoms with Gasteiger partial charge in [0.2, 0.25) is 0 Å². The standard InChI is InChI=1S/C21H20ClNO2/c1-14(17-8-7-16-5-3-4-6-18(16)13-17)23-21(24)15(2)25-20-11-9-19(22)10-12-20/h3-15H,1-2H3,(H,23,24). The number of amides is 1. The van der Waals surface area contributed by atoms with E-state index >= 15 is 0 Å². The quantitative estimate of drug-likeness (QED) is 0.689. The van der Waals surface area contributed by atoms with E-state index in [4.69, 9.17) is 16.3 Å². The molecule has 0 heterocycles. The van der Waals surface area contributed by atoms with Crippen LogP contribution in [-0.2, 0) is 4.79 Å². The van der Waals surface area contributed by atoms with Crippen LogP contribution in [0.25, 0.3) is 10.8 Å². The van der Waals surface area contributed by atoms with Gasteiger partial charge in [-0.25, -0.2) is 0 Å². The second-order valence-corrected chi connectivity index (χ2v) is 6.49. The van der Waals surface area contributed by atoms with Gasteiger partial charge in [0, 0.05) is 5.02 Å². The van der Waals surface area contributed by atoms with Crippen LogP contribution in [0.1, 0.15) is 25.5 Å². The molecule has 0 aromatic heterocycles. The number of hydrogen-bond acceptors (Lipinski definition) is 2. The molecule has 0 saturated carbocycles. The van der Waals surface area contributed by atoms with E-state index in [1.807, 2.05) is 25.1 Å². The maximum Gasteiger partial charge on any atom is 0.261 e. The van der Waals surface area contributed by atoms with E-state index in [2.05, 4.69) is 29.6 Å². The van der Waals surface area contributed by atoms with Crippen molar-refractivity contribution in [3.63, 3.8) is 0 Å². The van der Waals surface area contributed by atoms with Crippen LogP contribution >= 0.6 is 11.6 Å². The number of benzene rings is 3. The molecule has 25 heavy (non-hydrogen) atoms. The third kappa shape index (κ3) is 4.31. The summed E-state index contributed by atoms with van der Waals surface area (Å²) in [6.45, 7) is 3.70. The Bertz CT molecular complexity index is 876. The number of ether oxygens (including phenoxy) is 1. The molecular weight excluding hydrogens is 334 g/mol. The minimum Gasteiger partial charge on any atom is -0.481 e. The molecule has 0 aliphatic carbocycles. The molecule has 0 saturated heterocycles. The minimum absolute atomic E-state index is 0.103. The second-order valence-electron chi connectivity index (χ2n) is 6.05. The highest BCUT2D eigenvalue weighted by molar-refractivity contribution is 6.30. The molecule has 2 unspecified atom stereocenters. The minimum atomic E-state index is -0.593. The van der Waals surface area contributed by atoms with Gasteiger partial charge in [-0.05, 0) is 60.5 Å². The molecule has 2 atom stereocenters. The Kier molecular flexibility index (Phi) is 5.25. The van der Waals surface area contributed by atoms with Crippen molar-refractivity contribution in [2.45, 2.75) is 26.0 Å². The maximum atomic E-state index is 12.4. The zero-order valence-electron chi connectivity index (χ0n) is 14.2. The van der Waals surface area contributed by atoms with Crippen LogP contribution in [0, 0.1) is 0 Å². The van der Waals surface area contributed by atoms with Crippen molar-refractivity contribution < 1.29 is 9.53 Å². The number of nitrogens with one attached hydrogen (secondary N) is 1. The molecule has 3 rings (SSSR count). The Morgan fingerprint density at radius 1 is 0.960 bits per heavy atom. The fraction of sp³-hybridized carbons (Fsp3) is 0.190. The fourth-order valence-electron chi connectivity index (χ4n) is 2.66. The number of halogens is 1. The fourth-order valence-corrected chi connectivity index (χ4v) is 2.79. The average Bonchev–Trinajstić information content (AvgIpc) is 2.63. The summed E-state index contributed by atoms with van der Waals surface area (Å²) in [6, 6.07) is 21.2. The van der Waals surface area contributed by atoms with Gasteiger partial charge in [0.05, 0.1) is 6.04 Å². The predicted octanol–water partition coefficient (Wildman–Crippen LogP) is 5.14. The Hall–Kier alpha value is -2.52. The van der Waals surface area contributed by atoms with E-state index in [1.54, 1.807) is 31.2 Å². The first-order chi connectivity index (χ1) is 12.0. The molecule has 0 bridgehead atoms. The summed E-state index contributed by atoms with van der Waals surface area (Å²) in [4.78, 5) is 12.4. The second kappa shape index (κ2) is 7.58. The molecule has 3 aromatic rings. The third-order valence-electron chi connectivity index (χ3n) is 4.13. The summed E-state index contributed by atoms with van der Waals surface area (Å²) in [7, 11) is 0. The van der Waals surface area contributed by atoms with Crippen molar-refractivity contribution >= 4 is 28.3 Å². The summed E-state index contributed by atoms with van der Waals surface area (Å²) < 4.78 is 5.67. The van der Waals surface area contributed by atoms with Crippen LogP contribution in [0.4, 0.5) is 0 Å². The SMILES string of the molecule is CC(Oc1ccc(Cl)cc1)C(=O)NC(C)c1ccc2ccccc2c1. The van der Waals surface area contributed by atoms with E-state index in [0.717, 1.165) is 10.9 Å². The van der Waals surface area contributed by atoms with Crippen LogP contribution in [0.2, 0.25) is 5.02 Å². The largest absolute Gasteiger partial charge is 0.481 e. The van der Waals surface area contributed by atoms with Crippen molar-refractivity contribution in [2.24, 2.45) is 0 Å². The van der Waals surface area contributed by atoms with Gasteiger partial charge in [-0.3, -0.25) is 4.79 Å². The highest BCUT2D eigenvalue weighted by Crippen LogP contribution is 2.21. The lowest BCUT2D eigenvalue weighted by atomic mass is 10.0. The van der Waals surface area contributed by atoms with Crippen LogP contribution in [0.15, 0.2) is 66.7 Å². The van der Waals surface area contributed by atoms with Gasteiger partial charge in [0.1, 0.15) is 5.75 Å². The van der Waals surface area contributed by atoms with Crippen LogP contribution in [0.3, 0.4) is 0 Å². The number of carbonyl (C=O) groups excluding carboxylic acids is 1.